The molecule has 4 aromatic rings. The van der Waals surface area contributed by atoms with E-state index in [-0.39, 0.29) is 5.91 Å². The summed E-state index contributed by atoms with van der Waals surface area (Å²) in [6.45, 7) is 3.02. The molecule has 5 nitrogen and oxygen atoms in total. The van der Waals surface area contributed by atoms with Crippen LogP contribution in [0.1, 0.15) is 26.2 Å². The summed E-state index contributed by atoms with van der Waals surface area (Å²) in [5, 5.41) is 3.03. The van der Waals surface area contributed by atoms with Crippen molar-refractivity contribution in [3.8, 4) is 0 Å². The lowest BCUT2D eigenvalue weighted by Crippen LogP contribution is -2.42. The largest absolute Gasteiger partial charge is 0.339 e. The molecule has 0 aliphatic carbocycles. The Bertz CT molecular complexity index is 1190. The topological polar surface area (TPSA) is 59.0 Å². The number of carbonyl (C=O) groups is 1. The van der Waals surface area contributed by atoms with Crippen LogP contribution in [0.4, 0.5) is 0 Å². The van der Waals surface area contributed by atoms with Crippen LogP contribution in [0.3, 0.4) is 0 Å². The quantitative estimate of drug-likeness (QED) is 0.357. The van der Waals surface area contributed by atoms with E-state index in [9.17, 15) is 4.79 Å². The van der Waals surface area contributed by atoms with Crippen molar-refractivity contribution in [2.75, 3.05) is 12.3 Å². The highest BCUT2D eigenvalue weighted by Crippen LogP contribution is 2.37. The van der Waals surface area contributed by atoms with Crippen molar-refractivity contribution in [3.05, 3.63) is 36.7 Å². The van der Waals surface area contributed by atoms with Crippen molar-refractivity contribution in [2.24, 2.45) is 0 Å². The fraction of sp³-hybridized carbons (Fsp3) is 0.333. The number of hydrogen-bond donors (Lipinski definition) is 0. The molecule has 28 heavy (non-hydrogen) atoms. The number of hydrogen-bond acceptors (Lipinski definition) is 6. The Labute approximate surface area is 171 Å². The maximum absolute atomic E-state index is 12.7. The van der Waals surface area contributed by atoms with E-state index in [1.54, 1.807) is 17.7 Å². The zero-order valence-electron chi connectivity index (χ0n) is 15.6. The maximum Gasteiger partial charge on any atom is 0.233 e. The Morgan fingerprint density at radius 1 is 1.29 bits per heavy atom. The van der Waals surface area contributed by atoms with Gasteiger partial charge in [0.15, 0.2) is 0 Å². The third-order valence-electron chi connectivity index (χ3n) is 5.37. The average molecular weight is 409 g/mol. The Morgan fingerprint density at radius 2 is 2.18 bits per heavy atom. The minimum absolute atomic E-state index is 0.203. The summed E-state index contributed by atoms with van der Waals surface area (Å²) in [4.78, 5) is 29.5. The molecule has 0 spiro atoms. The molecule has 1 aliphatic rings. The molecular formula is C21H20N4OS2. The van der Waals surface area contributed by atoms with Gasteiger partial charge in [-0.3, -0.25) is 4.79 Å². The summed E-state index contributed by atoms with van der Waals surface area (Å²) in [6, 6.07) is 10.6. The average Bonchev–Trinajstić information content (AvgIpc) is 3.08. The number of aromatic nitrogens is 3. The first-order valence-electron chi connectivity index (χ1n) is 9.56. The molecule has 0 radical (unpaired) electrons. The van der Waals surface area contributed by atoms with Crippen molar-refractivity contribution in [2.45, 2.75) is 37.3 Å². The molecule has 1 atom stereocenters. The molecule has 0 N–H and O–H groups in total. The van der Waals surface area contributed by atoms with Gasteiger partial charge in [-0.15, -0.1) is 11.3 Å². The molecular weight excluding hydrogens is 388 g/mol. The highest BCUT2D eigenvalue weighted by atomic mass is 32.2. The number of likely N-dealkylation sites (tertiary alicyclic amines) is 1. The molecule has 0 saturated carbocycles. The standard InChI is InChI=1S/C21H20N4OS2/c1-13-6-4-5-9-25(13)17(26)11-27-21-19-18(22-12-23-21)15-10-14-7-2-3-8-16(14)24-20(15)28-19/h2-3,7-8,10,12-13H,4-6,9,11H2,1H3/t13-/m1/s1. The highest BCUT2D eigenvalue weighted by molar-refractivity contribution is 8.00. The highest BCUT2D eigenvalue weighted by Gasteiger charge is 2.23. The van der Waals surface area contributed by atoms with E-state index in [2.05, 4.69) is 29.0 Å². The molecule has 142 valence electrons. The number of para-hydroxylation sites is 1. The molecule has 3 aromatic heterocycles. The first-order valence-corrected chi connectivity index (χ1v) is 11.4. The Kier molecular flexibility index (Phi) is 4.64. The number of benzene rings is 1. The van der Waals surface area contributed by atoms with Crippen molar-refractivity contribution in [3.63, 3.8) is 0 Å². The lowest BCUT2D eigenvalue weighted by Gasteiger charge is -2.33. The van der Waals surface area contributed by atoms with E-state index >= 15 is 0 Å². The van der Waals surface area contributed by atoms with Crippen molar-refractivity contribution in [1.82, 2.24) is 19.9 Å². The molecule has 1 aromatic carbocycles. The molecule has 1 amide bonds. The van der Waals surface area contributed by atoms with Gasteiger partial charge in [-0.25, -0.2) is 15.0 Å². The van der Waals surface area contributed by atoms with Gasteiger partial charge in [0.1, 0.15) is 16.2 Å². The van der Waals surface area contributed by atoms with Crippen LogP contribution in [0.25, 0.3) is 31.3 Å². The van der Waals surface area contributed by atoms with Crippen molar-refractivity contribution < 1.29 is 4.79 Å². The lowest BCUT2D eigenvalue weighted by molar-refractivity contribution is -0.131. The number of rotatable bonds is 3. The second kappa shape index (κ2) is 7.29. The van der Waals surface area contributed by atoms with Gasteiger partial charge in [0, 0.05) is 23.4 Å². The molecule has 7 heteroatoms. The number of thiophene rings is 1. The molecule has 1 aliphatic heterocycles. The summed E-state index contributed by atoms with van der Waals surface area (Å²) >= 11 is 3.12. The van der Waals surface area contributed by atoms with E-state index in [0.717, 1.165) is 55.7 Å². The molecule has 1 saturated heterocycles. The maximum atomic E-state index is 12.7. The van der Waals surface area contributed by atoms with Crippen molar-refractivity contribution >= 4 is 60.3 Å². The van der Waals surface area contributed by atoms with Gasteiger partial charge in [0.05, 0.1) is 21.5 Å². The van der Waals surface area contributed by atoms with Crippen molar-refractivity contribution in [1.29, 1.82) is 0 Å². The van der Waals surface area contributed by atoms with Crippen LogP contribution in [0.15, 0.2) is 41.7 Å². The minimum Gasteiger partial charge on any atom is -0.339 e. The molecule has 5 rings (SSSR count). The first-order chi connectivity index (χ1) is 13.7. The summed E-state index contributed by atoms with van der Waals surface area (Å²) in [6.07, 6.45) is 5.02. The van der Waals surface area contributed by atoms with Crippen LogP contribution in [0.2, 0.25) is 0 Å². The fourth-order valence-corrected chi connectivity index (χ4v) is 5.95. The van der Waals surface area contributed by atoms with E-state index < -0.39 is 0 Å². The van der Waals surface area contributed by atoms with E-state index in [1.165, 1.54) is 18.2 Å². The number of pyridine rings is 1. The number of carbonyl (C=O) groups excluding carboxylic acids is 1. The normalized spacial score (nSPS) is 17.6. The second-order valence-electron chi connectivity index (χ2n) is 7.21. The third-order valence-corrected chi connectivity index (χ3v) is 7.57. The summed E-state index contributed by atoms with van der Waals surface area (Å²) in [7, 11) is 0. The molecule has 0 unspecified atom stereocenters. The van der Waals surface area contributed by atoms with Gasteiger partial charge in [0.25, 0.3) is 0 Å². The number of nitrogens with zero attached hydrogens (tertiary/aromatic N) is 4. The van der Waals surface area contributed by atoms with Gasteiger partial charge in [-0.1, -0.05) is 30.0 Å². The first kappa shape index (κ1) is 17.8. The van der Waals surface area contributed by atoms with Crippen LogP contribution in [-0.2, 0) is 4.79 Å². The minimum atomic E-state index is 0.203. The van der Waals surface area contributed by atoms with Crippen LogP contribution in [0, 0.1) is 0 Å². The SMILES string of the molecule is C[C@@H]1CCCCN1C(=O)CSc1ncnc2c1sc1nc3ccccc3cc12. The van der Waals surface area contributed by atoms with E-state index in [0.29, 0.717) is 11.8 Å². The van der Waals surface area contributed by atoms with Crippen LogP contribution in [0.5, 0.6) is 0 Å². The number of amides is 1. The summed E-state index contributed by atoms with van der Waals surface area (Å²) in [5.74, 6) is 0.619. The number of thioether (sulfide) groups is 1. The predicted molar refractivity (Wildman–Crippen MR) is 116 cm³/mol. The molecule has 1 fully saturated rings. The second-order valence-corrected chi connectivity index (χ2v) is 9.18. The predicted octanol–water partition coefficient (Wildman–Crippen LogP) is 4.89. The smallest absolute Gasteiger partial charge is 0.233 e. The Morgan fingerprint density at radius 3 is 3.07 bits per heavy atom. The Hall–Kier alpha value is -2.25. The van der Waals surface area contributed by atoms with E-state index in [4.69, 9.17) is 4.98 Å². The van der Waals surface area contributed by atoms with Gasteiger partial charge >= 0.3 is 0 Å². The van der Waals surface area contributed by atoms with Gasteiger partial charge < -0.3 is 4.90 Å². The molecule has 0 bridgehead atoms. The monoisotopic (exact) mass is 408 g/mol. The van der Waals surface area contributed by atoms with Gasteiger partial charge in [-0.05, 0) is 38.3 Å². The van der Waals surface area contributed by atoms with Crippen LogP contribution >= 0.6 is 23.1 Å². The van der Waals surface area contributed by atoms with Crippen LogP contribution < -0.4 is 0 Å². The molecule has 4 heterocycles. The number of piperidine rings is 1. The fourth-order valence-electron chi connectivity index (χ4n) is 3.87. The summed E-state index contributed by atoms with van der Waals surface area (Å²) < 4.78 is 1.02. The zero-order chi connectivity index (χ0) is 19.1. The Balaban J connectivity index is 1.47. The number of fused-ring (bicyclic) bond motifs is 4. The van der Waals surface area contributed by atoms with Gasteiger partial charge in [0.2, 0.25) is 5.91 Å². The lowest BCUT2D eigenvalue weighted by atomic mass is 10.0. The van der Waals surface area contributed by atoms with Crippen LogP contribution in [-0.4, -0.2) is 44.1 Å². The third kappa shape index (κ3) is 3.12. The van der Waals surface area contributed by atoms with E-state index in [1.807, 2.05) is 23.1 Å². The summed E-state index contributed by atoms with van der Waals surface area (Å²) in [5.41, 5.74) is 1.91. The van der Waals surface area contributed by atoms with Gasteiger partial charge in [-0.2, -0.15) is 0 Å². The zero-order valence-corrected chi connectivity index (χ0v) is 17.2.